The molecule has 2 heterocycles. The number of pyridine rings is 1. The minimum atomic E-state index is -0.102. The van der Waals surface area contributed by atoms with Gasteiger partial charge in [-0.2, -0.15) is 5.10 Å². The third-order valence-corrected chi connectivity index (χ3v) is 2.57. The molecule has 6 nitrogen and oxygen atoms in total. The summed E-state index contributed by atoms with van der Waals surface area (Å²) in [6.07, 6.45) is 6.62. The van der Waals surface area contributed by atoms with E-state index >= 15 is 0 Å². The SMILES string of the molecule is Cc1cnccc1CNC(=O)Cn1cc(N)cn1. The van der Waals surface area contributed by atoms with E-state index in [2.05, 4.69) is 15.4 Å². The summed E-state index contributed by atoms with van der Waals surface area (Å²) in [5, 5.41) is 6.78. The number of rotatable bonds is 4. The third-order valence-electron chi connectivity index (χ3n) is 2.57. The predicted molar refractivity (Wildman–Crippen MR) is 67.5 cm³/mol. The highest BCUT2D eigenvalue weighted by Crippen LogP contribution is 2.04. The lowest BCUT2D eigenvalue weighted by molar-refractivity contribution is -0.122. The van der Waals surface area contributed by atoms with E-state index in [4.69, 9.17) is 5.73 Å². The molecule has 94 valence electrons. The van der Waals surface area contributed by atoms with Gasteiger partial charge in [0.2, 0.25) is 5.91 Å². The van der Waals surface area contributed by atoms with Crippen LogP contribution in [0.3, 0.4) is 0 Å². The van der Waals surface area contributed by atoms with E-state index < -0.39 is 0 Å². The number of hydrogen-bond donors (Lipinski definition) is 2. The number of aryl methyl sites for hydroxylation is 1. The zero-order chi connectivity index (χ0) is 13.0. The van der Waals surface area contributed by atoms with Crippen LogP contribution in [0.15, 0.2) is 30.9 Å². The highest BCUT2D eigenvalue weighted by Gasteiger charge is 2.04. The van der Waals surface area contributed by atoms with Gasteiger partial charge in [0.25, 0.3) is 0 Å². The Morgan fingerprint density at radius 1 is 1.50 bits per heavy atom. The standard InChI is InChI=1S/C12H15N5O/c1-9-4-14-3-2-10(9)5-15-12(18)8-17-7-11(13)6-16-17/h2-4,6-7H,5,8,13H2,1H3,(H,15,18). The van der Waals surface area contributed by atoms with Crippen LogP contribution >= 0.6 is 0 Å². The summed E-state index contributed by atoms with van der Waals surface area (Å²) < 4.78 is 1.50. The fourth-order valence-corrected chi connectivity index (χ4v) is 1.56. The summed E-state index contributed by atoms with van der Waals surface area (Å²) in [5.41, 5.74) is 8.18. The van der Waals surface area contributed by atoms with Gasteiger partial charge in [0.05, 0.1) is 11.9 Å². The van der Waals surface area contributed by atoms with Crippen LogP contribution in [-0.2, 0) is 17.9 Å². The largest absolute Gasteiger partial charge is 0.396 e. The normalized spacial score (nSPS) is 10.3. The van der Waals surface area contributed by atoms with Gasteiger partial charge in [-0.3, -0.25) is 14.5 Å². The molecule has 0 fully saturated rings. The molecule has 2 aromatic heterocycles. The number of aromatic nitrogens is 3. The van der Waals surface area contributed by atoms with E-state index in [0.717, 1.165) is 11.1 Å². The Balaban J connectivity index is 1.87. The summed E-state index contributed by atoms with van der Waals surface area (Å²) in [6, 6.07) is 1.89. The smallest absolute Gasteiger partial charge is 0.241 e. The van der Waals surface area contributed by atoms with Gasteiger partial charge < -0.3 is 11.1 Å². The lowest BCUT2D eigenvalue weighted by Gasteiger charge is -2.07. The van der Waals surface area contributed by atoms with Gasteiger partial charge in [0, 0.05) is 25.1 Å². The fraction of sp³-hybridized carbons (Fsp3) is 0.250. The van der Waals surface area contributed by atoms with Gasteiger partial charge in [0.1, 0.15) is 6.54 Å². The number of carbonyl (C=O) groups excluding carboxylic acids is 1. The van der Waals surface area contributed by atoms with Crippen LogP contribution in [0.2, 0.25) is 0 Å². The number of amides is 1. The highest BCUT2D eigenvalue weighted by molar-refractivity contribution is 5.75. The Bertz CT molecular complexity index is 549. The van der Waals surface area contributed by atoms with Crippen molar-refractivity contribution in [2.45, 2.75) is 20.0 Å². The average molecular weight is 245 g/mol. The van der Waals surface area contributed by atoms with Crippen LogP contribution < -0.4 is 11.1 Å². The van der Waals surface area contributed by atoms with E-state index in [1.807, 2.05) is 13.0 Å². The van der Waals surface area contributed by atoms with Gasteiger partial charge in [-0.1, -0.05) is 0 Å². The van der Waals surface area contributed by atoms with Crippen LogP contribution in [0, 0.1) is 6.92 Å². The maximum absolute atomic E-state index is 11.7. The minimum absolute atomic E-state index is 0.102. The molecule has 2 aromatic rings. The Kier molecular flexibility index (Phi) is 3.57. The predicted octanol–water partition coefficient (Wildman–Crippen LogP) is 0.485. The van der Waals surface area contributed by atoms with E-state index in [1.165, 1.54) is 10.9 Å². The van der Waals surface area contributed by atoms with Gasteiger partial charge >= 0.3 is 0 Å². The maximum atomic E-state index is 11.7. The van der Waals surface area contributed by atoms with Gasteiger partial charge in [-0.25, -0.2) is 0 Å². The second-order valence-electron chi connectivity index (χ2n) is 4.05. The van der Waals surface area contributed by atoms with E-state index in [-0.39, 0.29) is 12.5 Å². The minimum Gasteiger partial charge on any atom is -0.396 e. The summed E-state index contributed by atoms with van der Waals surface area (Å²) in [7, 11) is 0. The molecule has 18 heavy (non-hydrogen) atoms. The second-order valence-corrected chi connectivity index (χ2v) is 4.05. The second kappa shape index (κ2) is 5.31. The Morgan fingerprint density at radius 2 is 2.33 bits per heavy atom. The molecule has 2 rings (SSSR count). The van der Waals surface area contributed by atoms with Crippen LogP contribution in [0.4, 0.5) is 5.69 Å². The summed E-state index contributed by atoms with van der Waals surface area (Å²) >= 11 is 0. The first-order valence-electron chi connectivity index (χ1n) is 5.59. The van der Waals surface area contributed by atoms with E-state index in [1.54, 1.807) is 18.6 Å². The molecule has 0 saturated heterocycles. The van der Waals surface area contributed by atoms with Crippen molar-refractivity contribution >= 4 is 11.6 Å². The molecule has 0 aliphatic carbocycles. The third kappa shape index (κ3) is 3.07. The lowest BCUT2D eigenvalue weighted by atomic mass is 10.1. The molecule has 0 aliphatic rings. The van der Waals surface area contributed by atoms with E-state index in [9.17, 15) is 4.79 Å². The zero-order valence-corrected chi connectivity index (χ0v) is 10.1. The monoisotopic (exact) mass is 245 g/mol. The molecule has 0 saturated carbocycles. The Labute approximate surface area is 105 Å². The number of carbonyl (C=O) groups is 1. The van der Waals surface area contributed by atoms with Gasteiger partial charge in [-0.05, 0) is 24.1 Å². The van der Waals surface area contributed by atoms with Crippen molar-refractivity contribution < 1.29 is 4.79 Å². The number of nitrogens with two attached hydrogens (primary N) is 1. The summed E-state index contributed by atoms with van der Waals surface area (Å²) in [5.74, 6) is -0.102. The van der Waals surface area contributed by atoms with Crippen LogP contribution in [0.25, 0.3) is 0 Å². The first-order valence-corrected chi connectivity index (χ1v) is 5.59. The molecule has 0 spiro atoms. The molecular formula is C12H15N5O. The Hall–Kier alpha value is -2.37. The average Bonchev–Trinajstić information content (AvgIpc) is 2.74. The van der Waals surface area contributed by atoms with Crippen molar-refractivity contribution in [3.05, 3.63) is 42.0 Å². The number of hydrogen-bond acceptors (Lipinski definition) is 4. The Morgan fingerprint density at radius 3 is 3.00 bits per heavy atom. The highest BCUT2D eigenvalue weighted by atomic mass is 16.2. The maximum Gasteiger partial charge on any atom is 0.241 e. The van der Waals surface area contributed by atoms with Crippen molar-refractivity contribution in [3.8, 4) is 0 Å². The van der Waals surface area contributed by atoms with Crippen LogP contribution in [-0.4, -0.2) is 20.7 Å². The van der Waals surface area contributed by atoms with Gasteiger partial charge in [0.15, 0.2) is 0 Å². The first kappa shape index (κ1) is 12.1. The van der Waals surface area contributed by atoms with Crippen molar-refractivity contribution in [2.24, 2.45) is 0 Å². The summed E-state index contributed by atoms with van der Waals surface area (Å²) in [6.45, 7) is 2.62. The number of nitrogens with zero attached hydrogens (tertiary/aromatic N) is 3. The number of anilines is 1. The topological polar surface area (TPSA) is 85.8 Å². The van der Waals surface area contributed by atoms with Crippen molar-refractivity contribution in [3.63, 3.8) is 0 Å². The van der Waals surface area contributed by atoms with E-state index in [0.29, 0.717) is 12.2 Å². The van der Waals surface area contributed by atoms with Gasteiger partial charge in [-0.15, -0.1) is 0 Å². The fourth-order valence-electron chi connectivity index (χ4n) is 1.56. The molecule has 0 radical (unpaired) electrons. The van der Waals surface area contributed by atoms with Crippen molar-refractivity contribution in [2.75, 3.05) is 5.73 Å². The number of nitrogen functional groups attached to an aromatic ring is 1. The summed E-state index contributed by atoms with van der Waals surface area (Å²) in [4.78, 5) is 15.7. The molecule has 1 amide bonds. The molecule has 0 unspecified atom stereocenters. The number of nitrogens with one attached hydrogen (secondary N) is 1. The molecule has 6 heteroatoms. The molecule has 0 atom stereocenters. The van der Waals surface area contributed by atoms with Crippen LogP contribution in [0.5, 0.6) is 0 Å². The van der Waals surface area contributed by atoms with Crippen LogP contribution in [0.1, 0.15) is 11.1 Å². The molecule has 0 aliphatic heterocycles. The quantitative estimate of drug-likeness (QED) is 0.820. The lowest BCUT2D eigenvalue weighted by Crippen LogP contribution is -2.27. The zero-order valence-electron chi connectivity index (χ0n) is 10.1. The molecular weight excluding hydrogens is 230 g/mol. The first-order chi connectivity index (χ1) is 8.65. The van der Waals surface area contributed by atoms with Crippen molar-refractivity contribution in [1.82, 2.24) is 20.1 Å². The molecule has 0 bridgehead atoms. The van der Waals surface area contributed by atoms with Crippen molar-refractivity contribution in [1.29, 1.82) is 0 Å². The molecule has 3 N–H and O–H groups in total. The molecule has 0 aromatic carbocycles.